The molecule has 1 aliphatic rings. The smallest absolute Gasteiger partial charge is 0.341 e. The molecule has 1 unspecified atom stereocenters. The molecule has 0 spiro atoms. The lowest BCUT2D eigenvalue weighted by Crippen LogP contribution is -2.49. The van der Waals surface area contributed by atoms with E-state index in [0.29, 0.717) is 21.5 Å². The highest BCUT2D eigenvalue weighted by atomic mass is 35.5. The van der Waals surface area contributed by atoms with Gasteiger partial charge < -0.3 is 20.7 Å². The number of nitrogens with one attached hydrogen (secondary N) is 3. The highest BCUT2D eigenvalue weighted by molar-refractivity contribution is 6.31. The molecule has 1 saturated heterocycles. The van der Waals surface area contributed by atoms with Crippen LogP contribution in [0, 0.1) is 6.92 Å². The average molecular weight is 469 g/mol. The highest BCUT2D eigenvalue weighted by Gasteiger charge is 2.28. The lowest BCUT2D eigenvalue weighted by atomic mass is 10.0. The summed E-state index contributed by atoms with van der Waals surface area (Å²) in [5, 5.41) is 16.4. The number of aromatic amines is 1. The minimum absolute atomic E-state index is 0.132. The predicted octanol–water partition coefficient (Wildman–Crippen LogP) is 2.45. The highest BCUT2D eigenvalue weighted by Crippen LogP contribution is 2.25. The number of halogens is 1. The molecular formula is C24H25ClN4O4. The van der Waals surface area contributed by atoms with Crippen LogP contribution in [0.1, 0.15) is 33.1 Å². The number of carbonyl (C=O) groups excluding carboxylic acids is 1. The first-order chi connectivity index (χ1) is 15.8. The summed E-state index contributed by atoms with van der Waals surface area (Å²) in [6.07, 6.45) is 0. The van der Waals surface area contributed by atoms with Crippen molar-refractivity contribution in [1.82, 2.24) is 20.5 Å². The van der Waals surface area contributed by atoms with Crippen molar-refractivity contribution in [3.63, 3.8) is 0 Å². The van der Waals surface area contributed by atoms with Crippen LogP contribution in [0.15, 0.2) is 47.3 Å². The van der Waals surface area contributed by atoms with Crippen molar-refractivity contribution in [3.8, 4) is 0 Å². The van der Waals surface area contributed by atoms with Crippen LogP contribution in [0.4, 0.5) is 0 Å². The predicted molar refractivity (Wildman–Crippen MR) is 127 cm³/mol. The Morgan fingerprint density at radius 3 is 2.52 bits per heavy atom. The number of aromatic nitrogens is 1. The van der Waals surface area contributed by atoms with Crippen LogP contribution < -0.4 is 16.2 Å². The molecule has 2 heterocycles. The fraction of sp³-hybridized carbons (Fsp3) is 0.292. The van der Waals surface area contributed by atoms with Crippen LogP contribution in [-0.4, -0.2) is 53.0 Å². The standard InChI is InChI=1S/C24H25ClN4O4/c1-14-2-4-15(5-3-14)21(29-8-6-26-7-9-29)23(31)27-13-17-11-18(25)10-16-12-19(24(32)33)22(30)28-20(16)17/h2-5,10-12,21,26H,6-9,13H2,1H3,(H,27,31)(H,28,30)(H,32,33). The molecule has 2 aromatic carbocycles. The number of carboxylic acid groups (broad SMARTS) is 1. The van der Waals surface area contributed by atoms with Gasteiger partial charge in [0, 0.05) is 43.1 Å². The maximum Gasteiger partial charge on any atom is 0.341 e. The number of carbonyl (C=O) groups is 2. The fourth-order valence-electron chi connectivity index (χ4n) is 4.15. The first kappa shape index (κ1) is 23.0. The van der Waals surface area contributed by atoms with Gasteiger partial charge in [0.15, 0.2) is 0 Å². The van der Waals surface area contributed by atoms with Gasteiger partial charge in [0.25, 0.3) is 5.56 Å². The molecule has 0 radical (unpaired) electrons. The Kier molecular flexibility index (Phi) is 6.78. The third-order valence-corrected chi connectivity index (χ3v) is 6.06. The van der Waals surface area contributed by atoms with Crippen LogP contribution in [0.25, 0.3) is 10.9 Å². The number of fused-ring (bicyclic) bond motifs is 1. The number of benzene rings is 2. The first-order valence-electron chi connectivity index (χ1n) is 10.7. The molecule has 4 rings (SSSR count). The minimum Gasteiger partial charge on any atom is -0.477 e. The van der Waals surface area contributed by atoms with Gasteiger partial charge in [-0.2, -0.15) is 0 Å². The maximum absolute atomic E-state index is 13.4. The fourth-order valence-corrected chi connectivity index (χ4v) is 4.40. The van der Waals surface area contributed by atoms with Crippen LogP contribution in [0.3, 0.4) is 0 Å². The number of H-pyrrole nitrogens is 1. The Morgan fingerprint density at radius 2 is 1.85 bits per heavy atom. The molecule has 1 fully saturated rings. The second-order valence-electron chi connectivity index (χ2n) is 8.16. The van der Waals surface area contributed by atoms with Crippen LogP contribution in [0.5, 0.6) is 0 Å². The summed E-state index contributed by atoms with van der Waals surface area (Å²) in [5.74, 6) is -1.47. The lowest BCUT2D eigenvalue weighted by Gasteiger charge is -2.34. The number of aryl methyl sites for hydroxylation is 1. The van der Waals surface area contributed by atoms with Crippen molar-refractivity contribution in [3.05, 3.63) is 80.1 Å². The summed E-state index contributed by atoms with van der Waals surface area (Å²) in [4.78, 5) is 41.7. The molecule has 8 nitrogen and oxygen atoms in total. The molecule has 0 bridgehead atoms. The molecule has 4 N–H and O–H groups in total. The van der Waals surface area contributed by atoms with E-state index in [9.17, 15) is 19.5 Å². The van der Waals surface area contributed by atoms with Gasteiger partial charge in [0.05, 0.1) is 5.52 Å². The van der Waals surface area contributed by atoms with Crippen molar-refractivity contribution < 1.29 is 14.7 Å². The molecule has 0 aliphatic carbocycles. The third-order valence-electron chi connectivity index (χ3n) is 5.84. The SMILES string of the molecule is Cc1ccc(C(C(=O)NCc2cc(Cl)cc3cc(C(=O)O)c(=O)[nH]c23)N2CCNCC2)cc1. The van der Waals surface area contributed by atoms with E-state index in [1.54, 1.807) is 12.1 Å². The monoisotopic (exact) mass is 468 g/mol. The van der Waals surface area contributed by atoms with E-state index >= 15 is 0 Å². The molecule has 0 saturated carbocycles. The van der Waals surface area contributed by atoms with Gasteiger partial charge >= 0.3 is 5.97 Å². The van der Waals surface area contributed by atoms with Crippen molar-refractivity contribution in [2.45, 2.75) is 19.5 Å². The number of pyridine rings is 1. The molecule has 1 aromatic heterocycles. The molecule has 1 aliphatic heterocycles. The van der Waals surface area contributed by atoms with Gasteiger partial charge in [0.1, 0.15) is 11.6 Å². The summed E-state index contributed by atoms with van der Waals surface area (Å²) in [6.45, 7) is 5.25. The van der Waals surface area contributed by atoms with E-state index in [1.807, 2.05) is 31.2 Å². The van der Waals surface area contributed by atoms with E-state index < -0.39 is 17.6 Å². The number of aromatic carboxylic acids is 1. The zero-order valence-electron chi connectivity index (χ0n) is 18.2. The number of carboxylic acids is 1. The molecule has 9 heteroatoms. The van der Waals surface area contributed by atoms with Gasteiger partial charge in [-0.15, -0.1) is 0 Å². The number of rotatable bonds is 6. The molecule has 33 heavy (non-hydrogen) atoms. The Bertz CT molecular complexity index is 1250. The zero-order valence-corrected chi connectivity index (χ0v) is 18.9. The lowest BCUT2D eigenvalue weighted by molar-refractivity contribution is -0.127. The number of hydrogen-bond donors (Lipinski definition) is 4. The molecular weight excluding hydrogens is 444 g/mol. The van der Waals surface area contributed by atoms with Crippen molar-refractivity contribution in [2.75, 3.05) is 26.2 Å². The number of amides is 1. The Hall–Kier alpha value is -3.20. The maximum atomic E-state index is 13.4. The number of piperazine rings is 1. The van der Waals surface area contributed by atoms with Gasteiger partial charge in [-0.05, 0) is 36.2 Å². The number of hydrogen-bond acceptors (Lipinski definition) is 5. The van der Waals surface area contributed by atoms with Crippen molar-refractivity contribution in [1.29, 1.82) is 0 Å². The van der Waals surface area contributed by atoms with E-state index in [4.69, 9.17) is 11.6 Å². The second-order valence-corrected chi connectivity index (χ2v) is 8.60. The summed E-state index contributed by atoms with van der Waals surface area (Å²) in [6, 6.07) is 12.0. The van der Waals surface area contributed by atoms with Gasteiger partial charge in [-0.25, -0.2) is 4.79 Å². The summed E-state index contributed by atoms with van der Waals surface area (Å²) in [5.41, 5.74) is 2.01. The minimum atomic E-state index is -1.31. The topological polar surface area (TPSA) is 115 Å². The Morgan fingerprint density at radius 1 is 1.15 bits per heavy atom. The quantitative estimate of drug-likeness (QED) is 0.442. The van der Waals surface area contributed by atoms with E-state index in [0.717, 1.165) is 37.3 Å². The molecule has 1 amide bonds. The summed E-state index contributed by atoms with van der Waals surface area (Å²) in [7, 11) is 0. The van der Waals surface area contributed by atoms with E-state index in [-0.39, 0.29) is 18.0 Å². The molecule has 1 atom stereocenters. The van der Waals surface area contributed by atoms with Crippen molar-refractivity contribution in [2.24, 2.45) is 0 Å². The second kappa shape index (κ2) is 9.74. The van der Waals surface area contributed by atoms with Gasteiger partial charge in [-0.3, -0.25) is 14.5 Å². The van der Waals surface area contributed by atoms with Gasteiger partial charge in [0.2, 0.25) is 5.91 Å². The van der Waals surface area contributed by atoms with Crippen LogP contribution in [0.2, 0.25) is 5.02 Å². The summed E-state index contributed by atoms with van der Waals surface area (Å²) < 4.78 is 0. The average Bonchev–Trinajstić information content (AvgIpc) is 2.79. The first-order valence-corrected chi connectivity index (χ1v) is 11.1. The molecule has 3 aromatic rings. The van der Waals surface area contributed by atoms with Crippen LogP contribution in [-0.2, 0) is 11.3 Å². The summed E-state index contributed by atoms with van der Waals surface area (Å²) >= 11 is 6.24. The van der Waals surface area contributed by atoms with Gasteiger partial charge in [-0.1, -0.05) is 41.4 Å². The Balaban J connectivity index is 1.63. The largest absolute Gasteiger partial charge is 0.477 e. The third kappa shape index (κ3) is 5.08. The van der Waals surface area contributed by atoms with E-state index in [1.165, 1.54) is 6.07 Å². The number of nitrogens with zero attached hydrogens (tertiary/aromatic N) is 1. The van der Waals surface area contributed by atoms with Crippen molar-refractivity contribution >= 4 is 34.4 Å². The Labute approximate surface area is 195 Å². The molecule has 172 valence electrons. The van der Waals surface area contributed by atoms with Crippen LogP contribution >= 0.6 is 11.6 Å². The normalized spacial score (nSPS) is 15.3. The van der Waals surface area contributed by atoms with E-state index in [2.05, 4.69) is 20.5 Å². The zero-order chi connectivity index (χ0) is 23.5.